The van der Waals surface area contributed by atoms with Crippen LogP contribution in [-0.4, -0.2) is 32.5 Å². The molecule has 0 saturated carbocycles. The number of hydrogen-bond acceptors (Lipinski definition) is 5. The number of benzene rings is 3. The van der Waals surface area contributed by atoms with Gasteiger partial charge in [-0.25, -0.2) is 10.4 Å². The number of aromatic hydroxyl groups is 1. The monoisotopic (exact) mass is 390 g/mol. The minimum Gasteiger partial charge on any atom is -0.507 e. The fourth-order valence-electron chi connectivity index (χ4n) is 3.00. The summed E-state index contributed by atoms with van der Waals surface area (Å²) in [5.41, 5.74) is 5.00. The van der Waals surface area contributed by atoms with Crippen LogP contribution >= 0.6 is 11.8 Å². The molecule has 0 aliphatic carbocycles. The van der Waals surface area contributed by atoms with Gasteiger partial charge in [-0.15, -0.1) is 0 Å². The van der Waals surface area contributed by atoms with Crippen LogP contribution in [0.25, 0.3) is 21.8 Å². The van der Waals surface area contributed by atoms with E-state index in [4.69, 9.17) is 0 Å². The SMILES string of the molecule is Cn1c(SCC(=O)N/N=C\c2c(O)ccc3ccccc23)nc2ccccc21. The van der Waals surface area contributed by atoms with Crippen LogP contribution in [0.5, 0.6) is 5.75 Å². The highest BCUT2D eigenvalue weighted by Crippen LogP contribution is 2.25. The predicted molar refractivity (Wildman–Crippen MR) is 113 cm³/mol. The fourth-order valence-corrected chi connectivity index (χ4v) is 3.78. The van der Waals surface area contributed by atoms with Crippen LogP contribution in [0.2, 0.25) is 0 Å². The quantitative estimate of drug-likeness (QED) is 0.310. The van der Waals surface area contributed by atoms with Crippen molar-refractivity contribution in [2.45, 2.75) is 5.16 Å². The molecule has 7 heteroatoms. The zero-order chi connectivity index (χ0) is 19.5. The van der Waals surface area contributed by atoms with Gasteiger partial charge in [0.25, 0.3) is 5.91 Å². The summed E-state index contributed by atoms with van der Waals surface area (Å²) in [4.78, 5) is 16.7. The lowest BCUT2D eigenvalue weighted by molar-refractivity contribution is -0.118. The van der Waals surface area contributed by atoms with Gasteiger partial charge < -0.3 is 9.67 Å². The van der Waals surface area contributed by atoms with E-state index in [-0.39, 0.29) is 17.4 Å². The molecule has 0 bridgehead atoms. The van der Waals surface area contributed by atoms with Crippen LogP contribution in [0.3, 0.4) is 0 Å². The number of aromatic nitrogens is 2. The number of nitrogens with zero attached hydrogens (tertiary/aromatic N) is 3. The number of nitrogens with one attached hydrogen (secondary N) is 1. The van der Waals surface area contributed by atoms with E-state index in [2.05, 4.69) is 15.5 Å². The highest BCUT2D eigenvalue weighted by Gasteiger charge is 2.10. The number of imidazole rings is 1. The van der Waals surface area contributed by atoms with Crippen molar-refractivity contribution in [3.05, 3.63) is 66.2 Å². The Morgan fingerprint density at radius 1 is 1.18 bits per heavy atom. The lowest BCUT2D eigenvalue weighted by Gasteiger charge is -2.05. The smallest absolute Gasteiger partial charge is 0.250 e. The van der Waals surface area contributed by atoms with Gasteiger partial charge in [-0.05, 0) is 29.0 Å². The Bertz CT molecular complexity index is 1200. The molecule has 6 nitrogen and oxygen atoms in total. The van der Waals surface area contributed by atoms with Gasteiger partial charge in [-0.3, -0.25) is 4.79 Å². The van der Waals surface area contributed by atoms with E-state index >= 15 is 0 Å². The molecule has 4 rings (SSSR count). The molecule has 28 heavy (non-hydrogen) atoms. The summed E-state index contributed by atoms with van der Waals surface area (Å²) in [6.45, 7) is 0. The zero-order valence-corrected chi connectivity index (χ0v) is 16.0. The highest BCUT2D eigenvalue weighted by atomic mass is 32.2. The summed E-state index contributed by atoms with van der Waals surface area (Å²) in [6, 6.07) is 19.0. The molecule has 0 spiro atoms. The van der Waals surface area contributed by atoms with Gasteiger partial charge in [0.15, 0.2) is 5.16 Å². The number of amides is 1. The van der Waals surface area contributed by atoms with Gasteiger partial charge >= 0.3 is 0 Å². The molecule has 140 valence electrons. The summed E-state index contributed by atoms with van der Waals surface area (Å²) in [5.74, 6) is 0.0644. The molecule has 0 aliphatic rings. The summed E-state index contributed by atoms with van der Waals surface area (Å²) >= 11 is 1.35. The number of carbonyl (C=O) groups is 1. The number of aryl methyl sites for hydroxylation is 1. The molecule has 1 aromatic heterocycles. The van der Waals surface area contributed by atoms with Crippen molar-refractivity contribution in [2.75, 3.05) is 5.75 Å². The second-order valence-corrected chi connectivity index (χ2v) is 7.19. The first-order chi connectivity index (χ1) is 13.6. The molecule has 2 N–H and O–H groups in total. The Labute approximate surface area is 165 Å². The van der Waals surface area contributed by atoms with Crippen LogP contribution < -0.4 is 5.43 Å². The number of thioether (sulfide) groups is 1. The molecule has 0 aliphatic heterocycles. The summed E-state index contributed by atoms with van der Waals surface area (Å²) in [6.07, 6.45) is 1.47. The third kappa shape index (κ3) is 3.57. The van der Waals surface area contributed by atoms with E-state index in [1.54, 1.807) is 6.07 Å². The zero-order valence-electron chi connectivity index (χ0n) is 15.2. The molecule has 1 amide bonds. The van der Waals surface area contributed by atoms with Crippen molar-refractivity contribution in [3.8, 4) is 5.75 Å². The summed E-state index contributed by atoms with van der Waals surface area (Å²) < 4.78 is 1.96. The second kappa shape index (κ2) is 7.74. The van der Waals surface area contributed by atoms with E-state index in [0.29, 0.717) is 5.56 Å². The predicted octanol–water partition coefficient (Wildman–Crippen LogP) is 3.67. The molecule has 0 saturated heterocycles. The largest absolute Gasteiger partial charge is 0.507 e. The topological polar surface area (TPSA) is 79.5 Å². The fraction of sp³-hybridized carbons (Fsp3) is 0.0952. The van der Waals surface area contributed by atoms with Crippen LogP contribution in [0.1, 0.15) is 5.56 Å². The average Bonchev–Trinajstić information content (AvgIpc) is 3.04. The van der Waals surface area contributed by atoms with Crippen LogP contribution in [-0.2, 0) is 11.8 Å². The third-order valence-electron chi connectivity index (χ3n) is 4.41. The van der Waals surface area contributed by atoms with Crippen molar-refractivity contribution >= 4 is 45.7 Å². The van der Waals surface area contributed by atoms with E-state index in [1.165, 1.54) is 18.0 Å². The number of phenols is 1. The average molecular weight is 390 g/mol. The summed E-state index contributed by atoms with van der Waals surface area (Å²) in [7, 11) is 1.93. The first-order valence-corrected chi connectivity index (χ1v) is 9.69. The Morgan fingerprint density at radius 3 is 2.82 bits per heavy atom. The number of hydrogen-bond donors (Lipinski definition) is 2. The normalized spacial score (nSPS) is 11.5. The first-order valence-electron chi connectivity index (χ1n) is 8.70. The molecule has 0 atom stereocenters. The number of fused-ring (bicyclic) bond motifs is 2. The number of para-hydroxylation sites is 2. The van der Waals surface area contributed by atoms with Crippen molar-refractivity contribution in [1.82, 2.24) is 15.0 Å². The van der Waals surface area contributed by atoms with Crippen molar-refractivity contribution in [2.24, 2.45) is 12.1 Å². The minimum atomic E-state index is -0.243. The number of phenolic OH excluding ortho intramolecular Hbond substituents is 1. The Morgan fingerprint density at radius 2 is 1.96 bits per heavy atom. The Kier molecular flexibility index (Phi) is 4.99. The van der Waals surface area contributed by atoms with Crippen molar-refractivity contribution in [1.29, 1.82) is 0 Å². The number of hydrazone groups is 1. The van der Waals surface area contributed by atoms with Crippen LogP contribution in [0.4, 0.5) is 0 Å². The van der Waals surface area contributed by atoms with Crippen LogP contribution in [0.15, 0.2) is 70.9 Å². The second-order valence-electron chi connectivity index (χ2n) is 6.24. The van der Waals surface area contributed by atoms with Gasteiger partial charge in [0.2, 0.25) is 0 Å². The lowest BCUT2D eigenvalue weighted by Crippen LogP contribution is -2.19. The van der Waals surface area contributed by atoms with Gasteiger partial charge in [0.05, 0.1) is 23.0 Å². The van der Waals surface area contributed by atoms with Gasteiger partial charge in [-0.1, -0.05) is 54.2 Å². The molecular weight excluding hydrogens is 372 g/mol. The Balaban J connectivity index is 1.42. The Hall–Kier alpha value is -3.32. The molecule has 4 aromatic rings. The maximum atomic E-state index is 12.1. The van der Waals surface area contributed by atoms with E-state index < -0.39 is 0 Å². The lowest BCUT2D eigenvalue weighted by atomic mass is 10.0. The van der Waals surface area contributed by atoms with E-state index in [1.807, 2.05) is 66.2 Å². The maximum absolute atomic E-state index is 12.1. The first kappa shape index (κ1) is 18.1. The summed E-state index contributed by atoms with van der Waals surface area (Å²) in [5, 5.41) is 16.7. The van der Waals surface area contributed by atoms with Crippen molar-refractivity contribution in [3.63, 3.8) is 0 Å². The van der Waals surface area contributed by atoms with Crippen LogP contribution in [0, 0.1) is 0 Å². The maximum Gasteiger partial charge on any atom is 0.250 e. The standard InChI is InChI=1S/C21H18N4O2S/c1-25-18-9-5-4-8-17(18)23-21(25)28-13-20(27)24-22-12-16-15-7-3-2-6-14(15)10-11-19(16)26/h2-12,26H,13H2,1H3,(H,24,27)/b22-12-. The molecule has 3 aromatic carbocycles. The molecule has 0 radical (unpaired) electrons. The third-order valence-corrected chi connectivity index (χ3v) is 5.44. The minimum absolute atomic E-state index is 0.116. The number of carbonyl (C=O) groups excluding carboxylic acids is 1. The molecular formula is C21H18N4O2S. The molecule has 0 fully saturated rings. The van der Waals surface area contributed by atoms with Gasteiger partial charge in [0, 0.05) is 12.6 Å². The van der Waals surface area contributed by atoms with E-state index in [9.17, 15) is 9.90 Å². The molecule has 0 unspecified atom stereocenters. The number of rotatable bonds is 5. The molecule has 1 heterocycles. The van der Waals surface area contributed by atoms with Crippen molar-refractivity contribution < 1.29 is 9.90 Å². The highest BCUT2D eigenvalue weighted by molar-refractivity contribution is 7.99. The van der Waals surface area contributed by atoms with Gasteiger partial charge in [0.1, 0.15) is 5.75 Å². The van der Waals surface area contributed by atoms with Gasteiger partial charge in [-0.2, -0.15) is 5.10 Å². The van der Waals surface area contributed by atoms with E-state index in [0.717, 1.165) is 27.0 Å².